The normalized spacial score (nSPS) is 10.8. The zero-order chi connectivity index (χ0) is 21.3. The van der Waals surface area contributed by atoms with Gasteiger partial charge in [0.1, 0.15) is 5.52 Å². The smallest absolute Gasteiger partial charge is 0.257 e. The van der Waals surface area contributed by atoms with Crippen molar-refractivity contribution >= 4 is 78.5 Å². The summed E-state index contributed by atoms with van der Waals surface area (Å²) in [6, 6.07) is 18.8. The van der Waals surface area contributed by atoms with Crippen molar-refractivity contribution in [3.8, 4) is 11.5 Å². The highest BCUT2D eigenvalue weighted by molar-refractivity contribution is 14.1. The van der Waals surface area contributed by atoms with E-state index in [0.29, 0.717) is 28.2 Å². The summed E-state index contributed by atoms with van der Waals surface area (Å²) in [5.41, 5.74) is 4.50. The van der Waals surface area contributed by atoms with Gasteiger partial charge < -0.3 is 9.73 Å². The number of carbonyl (C=O) groups excluding carboxylic acids is 1. The van der Waals surface area contributed by atoms with E-state index in [4.69, 9.17) is 16.6 Å². The summed E-state index contributed by atoms with van der Waals surface area (Å²) in [7, 11) is 0. The van der Waals surface area contributed by atoms with Gasteiger partial charge in [-0.05, 0) is 106 Å². The van der Waals surface area contributed by atoms with Crippen molar-refractivity contribution in [3.05, 3.63) is 79.8 Å². The van der Waals surface area contributed by atoms with Crippen LogP contribution in [0.4, 0.5) is 5.69 Å². The minimum absolute atomic E-state index is 0.213. The van der Waals surface area contributed by atoms with Gasteiger partial charge in [-0.25, -0.2) is 4.98 Å². The lowest BCUT2D eigenvalue weighted by molar-refractivity contribution is 0.0977. The highest BCUT2D eigenvalue weighted by atomic mass is 127. The van der Waals surface area contributed by atoms with Crippen LogP contribution in [0.1, 0.15) is 15.9 Å². The topological polar surface area (TPSA) is 67.2 Å². The number of thiocarbonyl (C=S) groups is 1. The summed E-state index contributed by atoms with van der Waals surface area (Å²) >= 11 is 11.1. The number of anilines is 1. The summed E-state index contributed by atoms with van der Waals surface area (Å²) in [6.45, 7) is 1.93. The summed E-state index contributed by atoms with van der Waals surface area (Å²) in [5.74, 6) is 0.271. The Labute approximate surface area is 200 Å². The molecule has 0 aliphatic heterocycles. The quantitative estimate of drug-likeness (QED) is 0.216. The number of nitrogens with one attached hydrogen (secondary N) is 2. The van der Waals surface area contributed by atoms with Crippen molar-refractivity contribution < 1.29 is 9.21 Å². The first kappa shape index (κ1) is 21.0. The van der Waals surface area contributed by atoms with Crippen LogP contribution in [0, 0.1) is 10.5 Å². The lowest BCUT2D eigenvalue weighted by Crippen LogP contribution is -2.34. The Balaban J connectivity index is 1.51. The average molecular weight is 592 g/mol. The number of rotatable bonds is 3. The van der Waals surface area contributed by atoms with Crippen LogP contribution in [0.15, 0.2) is 69.6 Å². The van der Waals surface area contributed by atoms with Gasteiger partial charge in [-0.3, -0.25) is 10.1 Å². The highest BCUT2D eigenvalue weighted by Gasteiger charge is 2.13. The van der Waals surface area contributed by atoms with Crippen LogP contribution in [0.5, 0.6) is 0 Å². The minimum Gasteiger partial charge on any atom is -0.436 e. The number of aromatic nitrogens is 1. The number of hydrogen-bond donors (Lipinski definition) is 2. The molecule has 0 unspecified atom stereocenters. The molecule has 1 aromatic heterocycles. The Morgan fingerprint density at radius 2 is 1.97 bits per heavy atom. The predicted molar refractivity (Wildman–Crippen MR) is 135 cm³/mol. The fourth-order valence-electron chi connectivity index (χ4n) is 2.91. The molecule has 0 spiro atoms. The molecule has 4 rings (SSSR count). The fraction of sp³-hybridized carbons (Fsp3) is 0.0455. The third-order valence-electron chi connectivity index (χ3n) is 4.31. The zero-order valence-electron chi connectivity index (χ0n) is 15.7. The molecule has 0 radical (unpaired) electrons. The molecule has 3 aromatic carbocycles. The largest absolute Gasteiger partial charge is 0.436 e. The molecule has 0 saturated heterocycles. The molecule has 0 aliphatic rings. The van der Waals surface area contributed by atoms with E-state index < -0.39 is 0 Å². The van der Waals surface area contributed by atoms with E-state index >= 15 is 0 Å². The molecule has 0 saturated carbocycles. The number of hydrogen-bond acceptors (Lipinski definition) is 4. The molecule has 4 aromatic rings. The van der Waals surface area contributed by atoms with E-state index in [1.54, 1.807) is 6.07 Å². The van der Waals surface area contributed by atoms with Crippen molar-refractivity contribution in [2.24, 2.45) is 0 Å². The van der Waals surface area contributed by atoms with Crippen LogP contribution in [0.2, 0.25) is 0 Å². The second-order valence-corrected chi connectivity index (χ2v) is 9.11. The SMILES string of the molecule is Cc1cccc(C(=O)NC(=S)Nc2ccc3oc(-c4cc(I)ccc4Br)nc3c2)c1. The second-order valence-electron chi connectivity index (χ2n) is 6.60. The van der Waals surface area contributed by atoms with Crippen LogP contribution in [0.25, 0.3) is 22.6 Å². The van der Waals surface area contributed by atoms with E-state index in [1.807, 2.05) is 61.5 Å². The standard InChI is InChI=1S/C22H15BrIN3O2S/c1-12-3-2-4-13(9-12)20(28)27-22(30)25-15-6-8-19-18(11-15)26-21(29-19)16-10-14(24)5-7-17(16)23/h2-11H,1H3,(H2,25,27,28,30). The van der Waals surface area contributed by atoms with Crippen molar-refractivity contribution in [2.75, 3.05) is 5.32 Å². The molecule has 8 heteroatoms. The first-order chi connectivity index (χ1) is 14.4. The zero-order valence-corrected chi connectivity index (χ0v) is 20.3. The Morgan fingerprint density at radius 1 is 1.13 bits per heavy atom. The molecule has 1 heterocycles. The molecule has 30 heavy (non-hydrogen) atoms. The number of benzene rings is 3. The Kier molecular flexibility index (Phi) is 6.16. The van der Waals surface area contributed by atoms with E-state index in [-0.39, 0.29) is 11.0 Å². The van der Waals surface area contributed by atoms with E-state index in [0.717, 1.165) is 19.2 Å². The van der Waals surface area contributed by atoms with Gasteiger partial charge in [0.05, 0.1) is 5.56 Å². The second kappa shape index (κ2) is 8.83. The number of nitrogens with zero attached hydrogens (tertiary/aromatic N) is 1. The molecule has 0 aliphatic carbocycles. The molecular weight excluding hydrogens is 577 g/mol. The Hall–Kier alpha value is -2.30. The molecule has 0 atom stereocenters. The molecule has 1 amide bonds. The average Bonchev–Trinajstić information content (AvgIpc) is 3.12. The monoisotopic (exact) mass is 591 g/mol. The third-order valence-corrected chi connectivity index (χ3v) is 5.88. The number of halogens is 2. The van der Waals surface area contributed by atoms with Crippen molar-refractivity contribution in [1.29, 1.82) is 0 Å². The molecule has 0 fully saturated rings. The van der Waals surface area contributed by atoms with Crippen LogP contribution in [-0.4, -0.2) is 16.0 Å². The van der Waals surface area contributed by atoms with Crippen LogP contribution in [0.3, 0.4) is 0 Å². The highest BCUT2D eigenvalue weighted by Crippen LogP contribution is 2.32. The summed E-state index contributed by atoms with van der Waals surface area (Å²) in [4.78, 5) is 17.0. The predicted octanol–water partition coefficient (Wildman–Crippen LogP) is 6.30. The lowest BCUT2D eigenvalue weighted by Gasteiger charge is -2.09. The summed E-state index contributed by atoms with van der Waals surface area (Å²) in [5, 5.41) is 5.93. The van der Waals surface area contributed by atoms with Gasteiger partial charge in [-0.1, -0.05) is 17.7 Å². The molecule has 2 N–H and O–H groups in total. The molecule has 5 nitrogen and oxygen atoms in total. The number of amides is 1. The first-order valence-electron chi connectivity index (χ1n) is 8.94. The van der Waals surface area contributed by atoms with E-state index in [1.165, 1.54) is 0 Å². The molecule has 150 valence electrons. The maximum absolute atomic E-state index is 12.4. The maximum Gasteiger partial charge on any atom is 0.257 e. The first-order valence-corrected chi connectivity index (χ1v) is 11.2. The van der Waals surface area contributed by atoms with Gasteiger partial charge in [0.2, 0.25) is 5.89 Å². The van der Waals surface area contributed by atoms with Crippen LogP contribution >= 0.6 is 50.7 Å². The number of fused-ring (bicyclic) bond motifs is 1. The van der Waals surface area contributed by atoms with Gasteiger partial charge in [-0.15, -0.1) is 0 Å². The minimum atomic E-state index is -0.260. The van der Waals surface area contributed by atoms with Gasteiger partial charge in [-0.2, -0.15) is 0 Å². The maximum atomic E-state index is 12.4. The van der Waals surface area contributed by atoms with Crippen molar-refractivity contribution in [2.45, 2.75) is 6.92 Å². The Morgan fingerprint density at radius 3 is 2.77 bits per heavy atom. The number of aryl methyl sites for hydroxylation is 1. The van der Waals surface area contributed by atoms with Gasteiger partial charge in [0, 0.05) is 19.3 Å². The van der Waals surface area contributed by atoms with E-state index in [9.17, 15) is 4.79 Å². The van der Waals surface area contributed by atoms with Crippen LogP contribution < -0.4 is 10.6 Å². The van der Waals surface area contributed by atoms with Crippen LogP contribution in [-0.2, 0) is 0 Å². The Bertz CT molecular complexity index is 1290. The third kappa shape index (κ3) is 4.71. The van der Waals surface area contributed by atoms with Crippen molar-refractivity contribution in [1.82, 2.24) is 10.3 Å². The lowest BCUT2D eigenvalue weighted by atomic mass is 10.1. The van der Waals surface area contributed by atoms with Gasteiger partial charge in [0.25, 0.3) is 5.91 Å². The number of carbonyl (C=O) groups is 1. The van der Waals surface area contributed by atoms with Gasteiger partial charge >= 0.3 is 0 Å². The number of oxazole rings is 1. The molecular formula is C22H15BrIN3O2S. The summed E-state index contributed by atoms with van der Waals surface area (Å²) in [6.07, 6.45) is 0. The van der Waals surface area contributed by atoms with Crippen molar-refractivity contribution in [3.63, 3.8) is 0 Å². The summed E-state index contributed by atoms with van der Waals surface area (Å²) < 4.78 is 7.91. The van der Waals surface area contributed by atoms with E-state index in [2.05, 4.69) is 54.1 Å². The van der Waals surface area contributed by atoms with Gasteiger partial charge in [0.15, 0.2) is 10.7 Å². The molecule has 0 bridgehead atoms. The fourth-order valence-corrected chi connectivity index (χ4v) is 4.02.